The van der Waals surface area contributed by atoms with Crippen molar-refractivity contribution in [3.8, 4) is 17.1 Å². The highest BCUT2D eigenvalue weighted by Crippen LogP contribution is 2.34. The van der Waals surface area contributed by atoms with E-state index in [9.17, 15) is 5.11 Å². The molecule has 0 aliphatic carbocycles. The van der Waals surface area contributed by atoms with Crippen LogP contribution in [-0.2, 0) is 5.41 Å². The summed E-state index contributed by atoms with van der Waals surface area (Å²) in [6.07, 6.45) is 0. The van der Waals surface area contributed by atoms with Gasteiger partial charge in [0, 0.05) is 18.0 Å². The Balaban J connectivity index is 2.66. The van der Waals surface area contributed by atoms with Crippen LogP contribution in [-0.4, -0.2) is 22.1 Å². The minimum Gasteiger partial charge on any atom is -0.508 e. The Morgan fingerprint density at radius 1 is 1.20 bits per heavy atom. The molecule has 1 aromatic heterocycles. The van der Waals surface area contributed by atoms with Gasteiger partial charge in [0.1, 0.15) is 11.6 Å². The van der Waals surface area contributed by atoms with Crippen LogP contribution in [0.2, 0.25) is 0 Å². The van der Waals surface area contributed by atoms with E-state index >= 15 is 0 Å². The number of hydrogen-bond donors (Lipinski definition) is 2. The summed E-state index contributed by atoms with van der Waals surface area (Å²) in [6, 6.07) is 6.96. The van der Waals surface area contributed by atoms with Crippen LogP contribution in [0.15, 0.2) is 28.7 Å². The highest BCUT2D eigenvalue weighted by Gasteiger charge is 2.23. The van der Waals surface area contributed by atoms with Gasteiger partial charge in [-0.1, -0.05) is 32.9 Å². The van der Waals surface area contributed by atoms with E-state index in [4.69, 9.17) is 0 Å². The van der Waals surface area contributed by atoms with Crippen molar-refractivity contribution in [1.82, 2.24) is 9.97 Å². The molecule has 0 aliphatic rings. The van der Waals surface area contributed by atoms with Gasteiger partial charge in [-0.25, -0.2) is 9.97 Å². The second-order valence-corrected chi connectivity index (χ2v) is 6.40. The van der Waals surface area contributed by atoms with Crippen molar-refractivity contribution < 1.29 is 5.11 Å². The largest absolute Gasteiger partial charge is 0.508 e. The first kappa shape index (κ1) is 14.8. The van der Waals surface area contributed by atoms with Crippen LogP contribution in [0.1, 0.15) is 26.5 Å². The number of nitrogens with zero attached hydrogens (tertiary/aromatic N) is 2. The van der Waals surface area contributed by atoms with Crippen LogP contribution in [0, 0.1) is 0 Å². The molecule has 2 N–H and O–H groups in total. The molecule has 2 rings (SSSR count). The Labute approximate surface area is 127 Å². The average molecular weight is 336 g/mol. The molecule has 0 fully saturated rings. The maximum atomic E-state index is 9.60. The smallest absolute Gasteiger partial charge is 0.161 e. The van der Waals surface area contributed by atoms with Crippen molar-refractivity contribution in [1.29, 1.82) is 0 Å². The number of benzene rings is 1. The van der Waals surface area contributed by atoms with Crippen LogP contribution in [0.25, 0.3) is 11.4 Å². The maximum Gasteiger partial charge on any atom is 0.161 e. The molecular formula is C15H18BrN3O. The Hall–Kier alpha value is -1.62. The molecule has 0 spiro atoms. The Kier molecular flexibility index (Phi) is 3.99. The van der Waals surface area contributed by atoms with Crippen LogP contribution >= 0.6 is 15.9 Å². The van der Waals surface area contributed by atoms with Crippen molar-refractivity contribution >= 4 is 21.7 Å². The summed E-state index contributed by atoms with van der Waals surface area (Å²) in [5.41, 5.74) is 1.61. The molecule has 1 heterocycles. The number of nitrogens with one attached hydrogen (secondary N) is 1. The van der Waals surface area contributed by atoms with Crippen molar-refractivity contribution in [3.05, 3.63) is 34.4 Å². The summed E-state index contributed by atoms with van der Waals surface area (Å²) >= 11 is 3.56. The average Bonchev–Trinajstić information content (AvgIpc) is 2.37. The zero-order valence-corrected chi connectivity index (χ0v) is 13.6. The molecule has 5 heteroatoms. The number of phenolic OH excluding ortho intramolecular Hbond substituents is 1. The molecule has 0 unspecified atom stereocenters. The number of phenols is 1. The van der Waals surface area contributed by atoms with E-state index in [-0.39, 0.29) is 11.2 Å². The van der Waals surface area contributed by atoms with E-state index in [0.29, 0.717) is 5.82 Å². The van der Waals surface area contributed by atoms with Crippen LogP contribution in [0.5, 0.6) is 5.75 Å². The molecular weight excluding hydrogens is 318 g/mol. The summed E-state index contributed by atoms with van der Waals surface area (Å²) < 4.78 is 0.872. The second kappa shape index (κ2) is 5.40. The fourth-order valence-electron chi connectivity index (χ4n) is 1.88. The standard InChI is InChI=1S/C15H18BrN3O/c1-15(2,3)12-11(16)14(17-4)19-13(18-12)9-6-5-7-10(20)8-9/h5-8,20H,1-4H3,(H,17,18,19). The molecule has 0 aliphatic heterocycles. The number of hydrogen-bond acceptors (Lipinski definition) is 4. The van der Waals surface area contributed by atoms with E-state index in [1.807, 2.05) is 13.1 Å². The molecule has 0 saturated heterocycles. The van der Waals surface area contributed by atoms with Gasteiger partial charge in [0.05, 0.1) is 10.2 Å². The van der Waals surface area contributed by atoms with Gasteiger partial charge in [-0.2, -0.15) is 0 Å². The Morgan fingerprint density at radius 3 is 2.45 bits per heavy atom. The van der Waals surface area contributed by atoms with Crippen molar-refractivity contribution in [3.63, 3.8) is 0 Å². The zero-order valence-electron chi connectivity index (χ0n) is 12.0. The predicted molar refractivity (Wildman–Crippen MR) is 85.1 cm³/mol. The number of aromatic nitrogens is 2. The molecule has 0 saturated carbocycles. The quantitative estimate of drug-likeness (QED) is 0.872. The third kappa shape index (κ3) is 2.93. The van der Waals surface area contributed by atoms with Gasteiger partial charge in [0.25, 0.3) is 0 Å². The zero-order chi connectivity index (χ0) is 14.9. The van der Waals surface area contributed by atoms with Crippen LogP contribution < -0.4 is 5.32 Å². The van der Waals surface area contributed by atoms with E-state index in [0.717, 1.165) is 21.5 Å². The summed E-state index contributed by atoms with van der Waals surface area (Å²) in [5.74, 6) is 1.54. The number of aromatic hydroxyl groups is 1. The molecule has 20 heavy (non-hydrogen) atoms. The first-order valence-electron chi connectivity index (χ1n) is 6.38. The second-order valence-electron chi connectivity index (χ2n) is 5.61. The maximum absolute atomic E-state index is 9.60. The molecule has 4 nitrogen and oxygen atoms in total. The Morgan fingerprint density at radius 2 is 1.90 bits per heavy atom. The number of halogens is 1. The molecule has 0 atom stereocenters. The molecule has 106 valence electrons. The fraction of sp³-hybridized carbons (Fsp3) is 0.333. The number of anilines is 1. The lowest BCUT2D eigenvalue weighted by Gasteiger charge is -2.21. The van der Waals surface area contributed by atoms with Gasteiger partial charge in [0.2, 0.25) is 0 Å². The minimum absolute atomic E-state index is 0.112. The highest BCUT2D eigenvalue weighted by atomic mass is 79.9. The third-order valence-corrected chi connectivity index (χ3v) is 3.65. The molecule has 0 amide bonds. The van der Waals surface area contributed by atoms with Crippen molar-refractivity contribution in [2.75, 3.05) is 12.4 Å². The number of rotatable bonds is 2. The van der Waals surface area contributed by atoms with Gasteiger partial charge in [-0.05, 0) is 28.1 Å². The van der Waals surface area contributed by atoms with Gasteiger partial charge < -0.3 is 10.4 Å². The van der Waals surface area contributed by atoms with Gasteiger partial charge in [-0.3, -0.25) is 0 Å². The van der Waals surface area contributed by atoms with Crippen LogP contribution in [0.4, 0.5) is 5.82 Å². The summed E-state index contributed by atoms with van der Waals surface area (Å²) in [5, 5.41) is 12.7. The molecule has 2 aromatic rings. The Bertz CT molecular complexity index is 636. The van der Waals surface area contributed by atoms with Gasteiger partial charge >= 0.3 is 0 Å². The minimum atomic E-state index is -0.112. The highest BCUT2D eigenvalue weighted by molar-refractivity contribution is 9.10. The fourth-order valence-corrected chi connectivity index (χ4v) is 2.85. The molecule has 0 radical (unpaired) electrons. The molecule has 0 bridgehead atoms. The third-order valence-electron chi connectivity index (χ3n) is 2.90. The first-order chi connectivity index (χ1) is 9.32. The summed E-state index contributed by atoms with van der Waals surface area (Å²) in [4.78, 5) is 9.15. The van der Waals surface area contributed by atoms with Crippen molar-refractivity contribution in [2.24, 2.45) is 0 Å². The summed E-state index contributed by atoms with van der Waals surface area (Å²) in [6.45, 7) is 6.31. The summed E-state index contributed by atoms with van der Waals surface area (Å²) in [7, 11) is 1.83. The van der Waals surface area contributed by atoms with Crippen LogP contribution in [0.3, 0.4) is 0 Å². The molecule has 1 aromatic carbocycles. The monoisotopic (exact) mass is 335 g/mol. The van der Waals surface area contributed by atoms with E-state index in [2.05, 4.69) is 52.0 Å². The SMILES string of the molecule is CNc1nc(-c2cccc(O)c2)nc(C(C)(C)C)c1Br. The normalized spacial score (nSPS) is 11.4. The lowest BCUT2D eigenvalue weighted by Crippen LogP contribution is -2.17. The van der Waals surface area contributed by atoms with Gasteiger partial charge in [0.15, 0.2) is 5.82 Å². The van der Waals surface area contributed by atoms with E-state index < -0.39 is 0 Å². The van der Waals surface area contributed by atoms with Crippen molar-refractivity contribution in [2.45, 2.75) is 26.2 Å². The lowest BCUT2D eigenvalue weighted by molar-refractivity contribution is 0.475. The lowest BCUT2D eigenvalue weighted by atomic mass is 9.91. The van der Waals surface area contributed by atoms with E-state index in [1.165, 1.54) is 0 Å². The first-order valence-corrected chi connectivity index (χ1v) is 7.17. The predicted octanol–water partition coefficient (Wildman–Crippen LogP) is 3.95. The van der Waals surface area contributed by atoms with Gasteiger partial charge in [-0.15, -0.1) is 0 Å². The topological polar surface area (TPSA) is 58.0 Å². The van der Waals surface area contributed by atoms with E-state index in [1.54, 1.807) is 18.2 Å².